The van der Waals surface area contributed by atoms with Gasteiger partial charge in [-0.15, -0.1) is 0 Å². The molecule has 1 aliphatic rings. The van der Waals surface area contributed by atoms with Crippen LogP contribution in [0.25, 0.3) is 0 Å². The van der Waals surface area contributed by atoms with E-state index in [9.17, 15) is 9.59 Å². The number of benzene rings is 1. The zero-order chi connectivity index (χ0) is 13.3. The summed E-state index contributed by atoms with van der Waals surface area (Å²) in [7, 11) is 0. The minimum Gasteiger partial charge on any atom is -0.304 e. The molecule has 0 spiro atoms. The number of carbonyl (C=O) groups is 2. The van der Waals surface area contributed by atoms with Gasteiger partial charge < -0.3 is 4.90 Å². The van der Waals surface area contributed by atoms with Crippen LogP contribution in [0.1, 0.15) is 37.0 Å². The van der Waals surface area contributed by atoms with Crippen molar-refractivity contribution < 1.29 is 9.59 Å². The van der Waals surface area contributed by atoms with E-state index >= 15 is 0 Å². The molecule has 96 valence electrons. The number of halogens is 1. The van der Waals surface area contributed by atoms with Crippen LogP contribution in [0.3, 0.4) is 0 Å². The highest BCUT2D eigenvalue weighted by Crippen LogP contribution is 2.34. The van der Waals surface area contributed by atoms with Crippen LogP contribution in [0, 0.1) is 5.92 Å². The zero-order valence-corrected chi connectivity index (χ0v) is 11.3. The summed E-state index contributed by atoms with van der Waals surface area (Å²) < 4.78 is 0. The van der Waals surface area contributed by atoms with Crippen molar-refractivity contribution in [3.63, 3.8) is 0 Å². The molecule has 0 saturated carbocycles. The van der Waals surface area contributed by atoms with Gasteiger partial charge in [0.25, 0.3) is 11.7 Å². The Morgan fingerprint density at radius 2 is 1.89 bits per heavy atom. The maximum absolute atomic E-state index is 12.0. The Labute approximate surface area is 112 Å². The molecular formula is C14H16ClNO2. The molecule has 0 N–H and O–H groups in total. The molecule has 3 nitrogen and oxygen atoms in total. The smallest absolute Gasteiger partial charge is 0.299 e. The fraction of sp³-hybridized carbons (Fsp3) is 0.429. The molecule has 1 amide bonds. The minimum absolute atomic E-state index is 0.357. The van der Waals surface area contributed by atoms with Gasteiger partial charge in [-0.05, 0) is 18.1 Å². The normalized spacial score (nSPS) is 14.6. The van der Waals surface area contributed by atoms with Crippen LogP contribution in [-0.2, 0) is 4.79 Å². The molecule has 18 heavy (non-hydrogen) atoms. The number of amides is 1. The Bertz CT molecular complexity index is 495. The summed E-state index contributed by atoms with van der Waals surface area (Å²) >= 11 is 6.00. The van der Waals surface area contributed by atoms with E-state index in [0.29, 0.717) is 28.7 Å². The predicted octanol–water partition coefficient (Wildman–Crippen LogP) is 3.31. The van der Waals surface area contributed by atoms with Crippen molar-refractivity contribution in [1.29, 1.82) is 0 Å². The fourth-order valence-electron chi connectivity index (χ4n) is 2.29. The first kappa shape index (κ1) is 13.1. The first-order valence-corrected chi connectivity index (χ1v) is 6.62. The molecule has 1 aromatic rings. The molecular weight excluding hydrogens is 250 g/mol. The Kier molecular flexibility index (Phi) is 3.71. The van der Waals surface area contributed by atoms with Crippen molar-refractivity contribution in [2.24, 2.45) is 5.92 Å². The number of hydrogen-bond donors (Lipinski definition) is 0. The van der Waals surface area contributed by atoms with E-state index in [1.54, 1.807) is 23.1 Å². The van der Waals surface area contributed by atoms with Crippen LogP contribution in [0.15, 0.2) is 18.2 Å². The monoisotopic (exact) mass is 265 g/mol. The van der Waals surface area contributed by atoms with Crippen molar-refractivity contribution in [2.45, 2.75) is 26.7 Å². The van der Waals surface area contributed by atoms with Gasteiger partial charge in [-0.25, -0.2) is 0 Å². The molecule has 0 unspecified atom stereocenters. The van der Waals surface area contributed by atoms with Gasteiger partial charge in [-0.3, -0.25) is 9.59 Å². The standard InChI is InChI=1S/C14H16ClNO2/c1-3-9(4-2)8-16-11-7-5-6-10(15)12(11)13(17)14(16)18/h5-7,9H,3-4,8H2,1-2H3. The first-order valence-electron chi connectivity index (χ1n) is 6.24. The molecule has 0 bridgehead atoms. The lowest BCUT2D eigenvalue weighted by molar-refractivity contribution is -0.114. The zero-order valence-electron chi connectivity index (χ0n) is 10.6. The number of anilines is 1. The Balaban J connectivity index is 2.37. The van der Waals surface area contributed by atoms with Crippen molar-refractivity contribution in [1.82, 2.24) is 0 Å². The molecule has 1 aromatic carbocycles. The van der Waals surface area contributed by atoms with Gasteiger partial charge in [-0.2, -0.15) is 0 Å². The van der Waals surface area contributed by atoms with E-state index in [-0.39, 0.29) is 0 Å². The second kappa shape index (κ2) is 5.11. The van der Waals surface area contributed by atoms with Gasteiger partial charge in [0, 0.05) is 6.54 Å². The third kappa shape index (κ3) is 2.03. The molecule has 2 rings (SSSR count). The number of carbonyl (C=O) groups excluding carboxylic acids is 2. The molecule has 0 fully saturated rings. The number of Topliss-reactive ketones (excluding diaryl/α,β-unsaturated/α-hetero) is 1. The maximum atomic E-state index is 12.0. The van der Waals surface area contributed by atoms with E-state index in [1.165, 1.54) is 0 Å². The minimum atomic E-state index is -0.485. The number of fused-ring (bicyclic) bond motifs is 1. The summed E-state index contributed by atoms with van der Waals surface area (Å²) in [5.41, 5.74) is 1.01. The quantitative estimate of drug-likeness (QED) is 0.784. The Morgan fingerprint density at radius 3 is 2.50 bits per heavy atom. The number of ketones is 1. The summed E-state index contributed by atoms with van der Waals surface area (Å²) in [4.78, 5) is 25.5. The van der Waals surface area contributed by atoms with E-state index < -0.39 is 11.7 Å². The summed E-state index contributed by atoms with van der Waals surface area (Å²) in [6.45, 7) is 4.77. The fourth-order valence-corrected chi connectivity index (χ4v) is 2.54. The summed E-state index contributed by atoms with van der Waals surface area (Å²) in [5, 5.41) is 0.359. The Morgan fingerprint density at radius 1 is 1.22 bits per heavy atom. The SMILES string of the molecule is CCC(CC)CN1C(=O)C(=O)c2c(Cl)cccc21. The second-order valence-electron chi connectivity index (χ2n) is 4.56. The first-order chi connectivity index (χ1) is 8.60. The number of rotatable bonds is 4. The lowest BCUT2D eigenvalue weighted by atomic mass is 10.0. The van der Waals surface area contributed by atoms with Crippen LogP contribution < -0.4 is 4.90 Å². The third-order valence-electron chi connectivity index (χ3n) is 3.54. The van der Waals surface area contributed by atoms with Crippen LogP contribution in [0.5, 0.6) is 0 Å². The number of hydrogen-bond acceptors (Lipinski definition) is 2. The maximum Gasteiger partial charge on any atom is 0.299 e. The highest BCUT2D eigenvalue weighted by molar-refractivity contribution is 6.55. The second-order valence-corrected chi connectivity index (χ2v) is 4.97. The van der Waals surface area contributed by atoms with Gasteiger partial charge in [0.15, 0.2) is 0 Å². The van der Waals surface area contributed by atoms with Crippen molar-refractivity contribution in [3.8, 4) is 0 Å². The van der Waals surface area contributed by atoms with E-state index in [2.05, 4.69) is 13.8 Å². The summed E-state index contributed by atoms with van der Waals surface area (Å²) in [6.07, 6.45) is 1.98. The van der Waals surface area contributed by atoms with Gasteiger partial charge in [0.05, 0.1) is 16.3 Å². The highest BCUT2D eigenvalue weighted by Gasteiger charge is 2.37. The lowest BCUT2D eigenvalue weighted by Crippen LogP contribution is -2.34. The molecule has 0 aliphatic carbocycles. The summed E-state index contributed by atoms with van der Waals surface area (Å²) in [6, 6.07) is 5.20. The van der Waals surface area contributed by atoms with Gasteiger partial charge in [-0.1, -0.05) is 44.4 Å². The van der Waals surface area contributed by atoms with Crippen molar-refractivity contribution in [3.05, 3.63) is 28.8 Å². The van der Waals surface area contributed by atoms with Crippen molar-refractivity contribution in [2.75, 3.05) is 11.4 Å². The van der Waals surface area contributed by atoms with Crippen LogP contribution in [-0.4, -0.2) is 18.2 Å². The average Bonchev–Trinajstić information content (AvgIpc) is 2.61. The van der Waals surface area contributed by atoms with Gasteiger partial charge >= 0.3 is 0 Å². The molecule has 1 aliphatic heterocycles. The molecule has 0 aromatic heterocycles. The highest BCUT2D eigenvalue weighted by atomic mass is 35.5. The molecule has 0 atom stereocenters. The molecule has 0 radical (unpaired) electrons. The van der Waals surface area contributed by atoms with Crippen LogP contribution in [0.4, 0.5) is 5.69 Å². The van der Waals surface area contributed by atoms with E-state index in [0.717, 1.165) is 12.8 Å². The molecule has 4 heteroatoms. The predicted molar refractivity (Wildman–Crippen MR) is 72.2 cm³/mol. The molecule has 1 heterocycles. The van der Waals surface area contributed by atoms with Crippen LogP contribution in [0.2, 0.25) is 5.02 Å². The van der Waals surface area contributed by atoms with Crippen LogP contribution >= 0.6 is 11.6 Å². The topological polar surface area (TPSA) is 37.4 Å². The third-order valence-corrected chi connectivity index (χ3v) is 3.86. The van der Waals surface area contributed by atoms with Gasteiger partial charge in [0.2, 0.25) is 0 Å². The average molecular weight is 266 g/mol. The van der Waals surface area contributed by atoms with E-state index in [4.69, 9.17) is 11.6 Å². The Hall–Kier alpha value is -1.35. The molecule has 0 saturated heterocycles. The van der Waals surface area contributed by atoms with E-state index in [1.807, 2.05) is 0 Å². The van der Waals surface area contributed by atoms with Gasteiger partial charge in [0.1, 0.15) is 0 Å². The number of nitrogens with zero attached hydrogens (tertiary/aromatic N) is 1. The lowest BCUT2D eigenvalue weighted by Gasteiger charge is -2.22. The van der Waals surface area contributed by atoms with Crippen molar-refractivity contribution >= 4 is 29.0 Å². The largest absolute Gasteiger partial charge is 0.304 e. The summed E-state index contributed by atoms with van der Waals surface area (Å²) in [5.74, 6) is -0.529.